The van der Waals surface area contributed by atoms with Crippen LogP contribution < -0.4 is 0 Å². The highest BCUT2D eigenvalue weighted by Crippen LogP contribution is 2.07. The summed E-state index contributed by atoms with van der Waals surface area (Å²) in [6.45, 7) is 8.21. The van der Waals surface area contributed by atoms with E-state index in [9.17, 15) is 0 Å². The average Bonchev–Trinajstić information content (AvgIpc) is 2.04. The number of hydrogen-bond donors (Lipinski definition) is 0. The maximum Gasteiger partial charge on any atom is 0.101 e. The molecular weight excluding hydrogens is 164 g/mol. The highest BCUT2D eigenvalue weighted by atomic mass is 16.5. The largest absolute Gasteiger partial charge is 0.375 e. The highest BCUT2D eigenvalue weighted by Gasteiger charge is 2.14. The molecule has 0 aliphatic rings. The molecule has 0 rings (SSSR count). The summed E-state index contributed by atoms with van der Waals surface area (Å²) in [6.07, 6.45) is 5.65. The molecule has 0 aromatic rings. The fourth-order valence-corrected chi connectivity index (χ4v) is 1.20. The second kappa shape index (κ2) is 7.10. The lowest BCUT2D eigenvalue weighted by Crippen LogP contribution is -2.28. The molecular formula is C11H22O2. The molecule has 0 amide bonds. The third-order valence-corrected chi connectivity index (χ3v) is 1.78. The molecule has 13 heavy (non-hydrogen) atoms. The van der Waals surface area contributed by atoms with Crippen LogP contribution in [0.1, 0.15) is 34.1 Å². The van der Waals surface area contributed by atoms with Gasteiger partial charge in [0.25, 0.3) is 0 Å². The second-order valence-electron chi connectivity index (χ2n) is 3.43. The lowest BCUT2D eigenvalue weighted by atomic mass is 10.2. The molecule has 0 aromatic carbocycles. The molecule has 0 radical (unpaired) electrons. The molecule has 2 unspecified atom stereocenters. The minimum Gasteiger partial charge on any atom is -0.375 e. The topological polar surface area (TPSA) is 18.5 Å². The van der Waals surface area contributed by atoms with Gasteiger partial charge < -0.3 is 9.47 Å². The monoisotopic (exact) mass is 186 g/mol. The number of ether oxygens (including phenoxy) is 2. The molecule has 0 fully saturated rings. The molecule has 78 valence electrons. The summed E-state index contributed by atoms with van der Waals surface area (Å²) >= 11 is 0. The predicted molar refractivity (Wildman–Crippen MR) is 55.9 cm³/mol. The van der Waals surface area contributed by atoms with Crippen molar-refractivity contribution in [3.05, 3.63) is 12.2 Å². The van der Waals surface area contributed by atoms with Gasteiger partial charge in [0.05, 0.1) is 12.2 Å². The van der Waals surface area contributed by atoms with Crippen LogP contribution in [0, 0.1) is 0 Å². The summed E-state index contributed by atoms with van der Waals surface area (Å²) in [5.41, 5.74) is 0. The van der Waals surface area contributed by atoms with E-state index < -0.39 is 0 Å². The van der Waals surface area contributed by atoms with Crippen LogP contribution in [0.3, 0.4) is 0 Å². The Balaban J connectivity index is 3.98. The summed E-state index contributed by atoms with van der Waals surface area (Å²) in [4.78, 5) is 0. The van der Waals surface area contributed by atoms with Crippen LogP contribution in [-0.4, -0.2) is 25.4 Å². The molecule has 0 aliphatic heterocycles. The first kappa shape index (κ1) is 12.7. The van der Waals surface area contributed by atoms with Gasteiger partial charge >= 0.3 is 0 Å². The minimum atomic E-state index is 0.0716. The number of methoxy groups -OCH3 is 1. The van der Waals surface area contributed by atoms with Gasteiger partial charge in [-0.1, -0.05) is 19.1 Å². The molecule has 0 heterocycles. The lowest BCUT2D eigenvalue weighted by molar-refractivity contribution is -0.0520. The fourth-order valence-electron chi connectivity index (χ4n) is 1.20. The van der Waals surface area contributed by atoms with Crippen LogP contribution in [0.2, 0.25) is 0 Å². The van der Waals surface area contributed by atoms with Crippen molar-refractivity contribution in [2.45, 2.75) is 52.4 Å². The Kier molecular flexibility index (Phi) is 6.92. The molecule has 0 saturated carbocycles. The zero-order valence-electron chi connectivity index (χ0n) is 9.41. The van der Waals surface area contributed by atoms with E-state index in [1.807, 2.05) is 20.8 Å². The summed E-state index contributed by atoms with van der Waals surface area (Å²) < 4.78 is 10.9. The first-order chi connectivity index (χ1) is 6.11. The van der Waals surface area contributed by atoms with Crippen molar-refractivity contribution >= 4 is 0 Å². The maximum atomic E-state index is 5.62. The Morgan fingerprint density at radius 1 is 1.23 bits per heavy atom. The lowest BCUT2D eigenvalue weighted by Gasteiger charge is -2.22. The summed E-state index contributed by atoms with van der Waals surface area (Å²) in [7, 11) is 1.71. The van der Waals surface area contributed by atoms with Gasteiger partial charge in [0.1, 0.15) is 6.10 Å². The van der Waals surface area contributed by atoms with Crippen molar-refractivity contribution in [2.75, 3.05) is 7.11 Å². The number of hydrogen-bond acceptors (Lipinski definition) is 2. The molecule has 0 aromatic heterocycles. The predicted octanol–water partition coefficient (Wildman–Crippen LogP) is 2.78. The van der Waals surface area contributed by atoms with E-state index >= 15 is 0 Å². The molecule has 2 heteroatoms. The molecule has 0 saturated heterocycles. The van der Waals surface area contributed by atoms with E-state index in [-0.39, 0.29) is 18.3 Å². The van der Waals surface area contributed by atoms with Gasteiger partial charge in [-0.3, -0.25) is 0 Å². The molecule has 0 N–H and O–H groups in total. The Morgan fingerprint density at radius 2 is 1.85 bits per heavy atom. The number of allylic oxidation sites excluding steroid dienone is 1. The van der Waals surface area contributed by atoms with Crippen LogP contribution in [-0.2, 0) is 9.47 Å². The van der Waals surface area contributed by atoms with Crippen molar-refractivity contribution in [3.8, 4) is 0 Å². The summed E-state index contributed by atoms with van der Waals surface area (Å²) in [5, 5.41) is 0. The minimum absolute atomic E-state index is 0.0716. The van der Waals surface area contributed by atoms with E-state index in [0.29, 0.717) is 0 Å². The molecule has 0 spiro atoms. The number of rotatable bonds is 6. The van der Waals surface area contributed by atoms with E-state index in [4.69, 9.17) is 9.47 Å². The maximum absolute atomic E-state index is 5.62. The van der Waals surface area contributed by atoms with Crippen LogP contribution in [0.5, 0.6) is 0 Å². The quantitative estimate of drug-likeness (QED) is 0.594. The summed E-state index contributed by atoms with van der Waals surface area (Å²) in [5.74, 6) is 0. The van der Waals surface area contributed by atoms with E-state index in [0.717, 1.165) is 6.42 Å². The van der Waals surface area contributed by atoms with Gasteiger partial charge in [0, 0.05) is 7.11 Å². The van der Waals surface area contributed by atoms with Crippen molar-refractivity contribution in [2.24, 2.45) is 0 Å². The van der Waals surface area contributed by atoms with Crippen molar-refractivity contribution in [1.29, 1.82) is 0 Å². The molecule has 0 aliphatic carbocycles. The SMILES string of the molecule is CC/C=C/C(OC)C(C)OC(C)C. The molecule has 2 atom stereocenters. The van der Waals surface area contributed by atoms with Crippen LogP contribution in [0.4, 0.5) is 0 Å². The van der Waals surface area contributed by atoms with E-state index in [2.05, 4.69) is 19.1 Å². The fraction of sp³-hybridized carbons (Fsp3) is 0.818. The highest BCUT2D eigenvalue weighted by molar-refractivity contribution is 4.92. The Bertz CT molecular complexity index is 141. The average molecular weight is 186 g/mol. The van der Waals surface area contributed by atoms with Crippen LogP contribution in [0.25, 0.3) is 0 Å². The molecule has 2 nitrogen and oxygen atoms in total. The normalized spacial score (nSPS) is 16.8. The van der Waals surface area contributed by atoms with Gasteiger partial charge in [-0.25, -0.2) is 0 Å². The van der Waals surface area contributed by atoms with Crippen molar-refractivity contribution in [3.63, 3.8) is 0 Å². The van der Waals surface area contributed by atoms with Crippen molar-refractivity contribution < 1.29 is 9.47 Å². The third kappa shape index (κ3) is 5.83. The van der Waals surface area contributed by atoms with E-state index in [1.165, 1.54) is 0 Å². The van der Waals surface area contributed by atoms with Crippen LogP contribution >= 0.6 is 0 Å². The zero-order valence-corrected chi connectivity index (χ0v) is 9.41. The third-order valence-electron chi connectivity index (χ3n) is 1.78. The smallest absolute Gasteiger partial charge is 0.101 e. The zero-order chi connectivity index (χ0) is 10.3. The Labute approximate surface area is 81.9 Å². The second-order valence-corrected chi connectivity index (χ2v) is 3.43. The first-order valence-corrected chi connectivity index (χ1v) is 4.96. The Hall–Kier alpha value is -0.340. The van der Waals surface area contributed by atoms with Crippen molar-refractivity contribution in [1.82, 2.24) is 0 Å². The Morgan fingerprint density at radius 3 is 2.23 bits per heavy atom. The molecule has 0 bridgehead atoms. The van der Waals surface area contributed by atoms with E-state index in [1.54, 1.807) is 7.11 Å². The van der Waals surface area contributed by atoms with Gasteiger partial charge in [-0.15, -0.1) is 0 Å². The summed E-state index contributed by atoms with van der Waals surface area (Å²) in [6, 6.07) is 0. The van der Waals surface area contributed by atoms with Gasteiger partial charge in [-0.2, -0.15) is 0 Å². The standard InChI is InChI=1S/C11H22O2/c1-6-7-8-11(12-5)10(4)13-9(2)3/h7-11H,6H2,1-5H3/b8-7+. The first-order valence-electron chi connectivity index (χ1n) is 4.96. The van der Waals surface area contributed by atoms with Gasteiger partial charge in [0.2, 0.25) is 0 Å². The van der Waals surface area contributed by atoms with Crippen LogP contribution in [0.15, 0.2) is 12.2 Å². The van der Waals surface area contributed by atoms with Gasteiger partial charge in [-0.05, 0) is 27.2 Å². The van der Waals surface area contributed by atoms with Gasteiger partial charge in [0.15, 0.2) is 0 Å².